The van der Waals surface area contributed by atoms with Crippen LogP contribution in [0.4, 0.5) is 0 Å². The Bertz CT molecular complexity index is 54.9. The molecule has 0 aromatic carbocycles. The molecular formula is C7H17NO. The summed E-state index contributed by atoms with van der Waals surface area (Å²) in [6.07, 6.45) is 1.11. The number of hydrogen-bond donors (Lipinski definition) is 1. The Morgan fingerprint density at radius 3 is 2.56 bits per heavy atom. The molecule has 0 amide bonds. The van der Waals surface area contributed by atoms with Crippen molar-refractivity contribution in [1.82, 2.24) is 0 Å². The maximum atomic E-state index is 5.23. The van der Waals surface area contributed by atoms with Gasteiger partial charge in [0.15, 0.2) is 0 Å². The van der Waals surface area contributed by atoms with Crippen LogP contribution in [0.25, 0.3) is 0 Å². The number of likely N-dealkylation sites (N-methyl/N-ethyl adjacent to an activating group) is 1. The number of rotatable bonds is 5. The van der Waals surface area contributed by atoms with Gasteiger partial charge in [-0.05, 0) is 6.42 Å². The average Bonchev–Trinajstić information content (AvgIpc) is 1.80. The molecule has 0 heterocycles. The summed E-state index contributed by atoms with van der Waals surface area (Å²) in [6, 6.07) is 0. The molecule has 0 aliphatic carbocycles. The first-order valence-corrected chi connectivity index (χ1v) is 3.49. The van der Waals surface area contributed by atoms with Gasteiger partial charge in [-0.25, -0.2) is 0 Å². The van der Waals surface area contributed by atoms with Crippen LogP contribution in [0.3, 0.4) is 0 Å². The summed E-state index contributed by atoms with van der Waals surface area (Å²) in [4.78, 5) is 1.20. The van der Waals surface area contributed by atoms with Gasteiger partial charge in [0.25, 0.3) is 0 Å². The van der Waals surface area contributed by atoms with Crippen molar-refractivity contribution in [1.29, 1.82) is 0 Å². The van der Waals surface area contributed by atoms with Crippen molar-refractivity contribution in [3.05, 3.63) is 7.05 Å². The molecule has 1 atom stereocenters. The highest BCUT2D eigenvalue weighted by Crippen LogP contribution is 1.76. The molecule has 0 aliphatic rings. The van der Waals surface area contributed by atoms with E-state index in [1.807, 2.05) is 7.05 Å². The summed E-state index contributed by atoms with van der Waals surface area (Å²) < 4.78 is 5.23. The Balaban J connectivity index is 2.75. The van der Waals surface area contributed by atoms with Crippen LogP contribution in [0.2, 0.25) is 0 Å². The van der Waals surface area contributed by atoms with Crippen molar-refractivity contribution in [2.24, 2.45) is 0 Å². The van der Waals surface area contributed by atoms with Gasteiger partial charge in [0.1, 0.15) is 0 Å². The minimum Gasteiger partial charge on any atom is -0.468 e. The van der Waals surface area contributed by atoms with Gasteiger partial charge in [0.2, 0.25) is 0 Å². The summed E-state index contributed by atoms with van der Waals surface area (Å²) in [6.45, 7) is 4.83. The van der Waals surface area contributed by atoms with E-state index in [9.17, 15) is 0 Å². The lowest BCUT2D eigenvalue weighted by Gasteiger charge is -2.13. The maximum absolute atomic E-state index is 5.23. The normalized spacial score (nSPS) is 13.7. The Morgan fingerprint density at radius 1 is 1.44 bits per heavy atom. The van der Waals surface area contributed by atoms with Crippen molar-refractivity contribution >= 4 is 0 Å². The van der Waals surface area contributed by atoms with E-state index in [-0.39, 0.29) is 0 Å². The topological polar surface area (TPSA) is 13.7 Å². The van der Waals surface area contributed by atoms with Crippen LogP contribution in [0.15, 0.2) is 0 Å². The highest BCUT2D eigenvalue weighted by atomic mass is 16.5. The largest absolute Gasteiger partial charge is 0.468 e. The van der Waals surface area contributed by atoms with Gasteiger partial charge in [0.05, 0.1) is 13.2 Å². The molecule has 0 fully saturated rings. The van der Waals surface area contributed by atoms with Crippen LogP contribution in [0.5, 0.6) is 0 Å². The van der Waals surface area contributed by atoms with E-state index in [0.717, 1.165) is 26.2 Å². The first-order valence-electron chi connectivity index (χ1n) is 3.49. The third kappa shape index (κ3) is 7.92. The first-order chi connectivity index (χ1) is 4.27. The zero-order chi connectivity index (χ0) is 7.11. The highest BCUT2D eigenvalue weighted by molar-refractivity contribution is 4.26. The zero-order valence-electron chi connectivity index (χ0n) is 6.44. The predicted octanol–water partition coefficient (Wildman–Crippen LogP) is -0.281. The number of hydrogen-bond acceptors (Lipinski definition) is 1. The fourth-order valence-corrected chi connectivity index (χ4v) is 0.493. The van der Waals surface area contributed by atoms with Gasteiger partial charge in [-0.1, -0.05) is 6.92 Å². The Morgan fingerprint density at radius 2 is 2.11 bits per heavy atom. The fourth-order valence-electron chi connectivity index (χ4n) is 0.493. The quantitative estimate of drug-likeness (QED) is 0.400. The zero-order valence-corrected chi connectivity index (χ0v) is 6.44. The van der Waals surface area contributed by atoms with E-state index >= 15 is 0 Å². The molecule has 9 heavy (non-hydrogen) atoms. The van der Waals surface area contributed by atoms with Crippen molar-refractivity contribution in [3.63, 3.8) is 0 Å². The summed E-state index contributed by atoms with van der Waals surface area (Å²) in [5.74, 6) is 0. The van der Waals surface area contributed by atoms with Gasteiger partial charge in [0, 0.05) is 13.7 Å². The summed E-state index contributed by atoms with van der Waals surface area (Å²) >= 11 is 0. The fraction of sp³-hybridized carbons (Fsp3) is 0.857. The number of ether oxygens (including phenoxy) is 1. The van der Waals surface area contributed by atoms with Crippen LogP contribution in [-0.2, 0) is 4.74 Å². The molecule has 2 nitrogen and oxygen atoms in total. The third-order valence-corrected chi connectivity index (χ3v) is 1.02. The first kappa shape index (κ1) is 8.92. The third-order valence-electron chi connectivity index (χ3n) is 1.02. The van der Waals surface area contributed by atoms with Gasteiger partial charge < -0.3 is 9.64 Å². The lowest BCUT2D eigenvalue weighted by atomic mass is 10.5. The van der Waals surface area contributed by atoms with E-state index < -0.39 is 0 Å². The molecule has 2 heteroatoms. The van der Waals surface area contributed by atoms with Crippen LogP contribution in [0.1, 0.15) is 13.3 Å². The molecule has 0 aromatic heterocycles. The molecule has 0 aliphatic heterocycles. The molecule has 1 N–H and O–H groups in total. The van der Waals surface area contributed by atoms with E-state index in [2.05, 4.69) is 14.0 Å². The summed E-state index contributed by atoms with van der Waals surface area (Å²) in [5, 5.41) is 0. The Hall–Kier alpha value is -0.0800. The van der Waals surface area contributed by atoms with E-state index in [4.69, 9.17) is 4.74 Å². The minimum absolute atomic E-state index is 0.836. The van der Waals surface area contributed by atoms with Crippen molar-refractivity contribution in [2.45, 2.75) is 13.3 Å². The van der Waals surface area contributed by atoms with Gasteiger partial charge in [-0.2, -0.15) is 7.05 Å². The lowest BCUT2D eigenvalue weighted by Crippen LogP contribution is -3.04. The Kier molecular flexibility index (Phi) is 5.99. The second-order valence-electron chi connectivity index (χ2n) is 2.32. The van der Waals surface area contributed by atoms with Crippen LogP contribution < -0.4 is 4.90 Å². The molecular weight excluding hydrogens is 114 g/mol. The van der Waals surface area contributed by atoms with Crippen LogP contribution in [-0.4, -0.2) is 26.8 Å². The monoisotopic (exact) mass is 131 g/mol. The average molecular weight is 131 g/mol. The van der Waals surface area contributed by atoms with E-state index in [1.54, 1.807) is 0 Å². The molecule has 0 bridgehead atoms. The van der Waals surface area contributed by atoms with Crippen molar-refractivity contribution in [2.75, 3.05) is 26.8 Å². The molecule has 0 saturated carbocycles. The van der Waals surface area contributed by atoms with Crippen molar-refractivity contribution in [3.8, 4) is 0 Å². The molecule has 1 unspecified atom stereocenters. The second-order valence-corrected chi connectivity index (χ2v) is 2.32. The van der Waals surface area contributed by atoms with Crippen molar-refractivity contribution < 1.29 is 9.64 Å². The molecule has 0 spiro atoms. The summed E-state index contributed by atoms with van der Waals surface area (Å²) in [7, 11) is 5.80. The Labute approximate surface area is 57.8 Å². The second kappa shape index (κ2) is 6.05. The molecule has 0 saturated heterocycles. The number of quaternary nitrogens is 1. The summed E-state index contributed by atoms with van der Waals surface area (Å²) in [5.41, 5.74) is 0. The lowest BCUT2D eigenvalue weighted by molar-refractivity contribution is -0.832. The SMILES string of the molecule is [CH2-][NH+](C)CCOCCC. The van der Waals surface area contributed by atoms with Gasteiger partial charge >= 0.3 is 0 Å². The standard InChI is InChI=1S/C7H17NO/c1-4-6-9-7-5-8(2)3/h8H,2,4-7H2,1,3H3. The predicted molar refractivity (Wildman–Crippen MR) is 38.2 cm³/mol. The molecule has 0 radical (unpaired) electrons. The highest BCUT2D eigenvalue weighted by Gasteiger charge is 1.86. The van der Waals surface area contributed by atoms with E-state index in [0.29, 0.717) is 0 Å². The van der Waals surface area contributed by atoms with E-state index in [1.165, 1.54) is 4.90 Å². The van der Waals surface area contributed by atoms with Gasteiger partial charge in [-0.3, -0.25) is 0 Å². The smallest absolute Gasteiger partial charge is 0.0934 e. The minimum atomic E-state index is 0.836. The number of nitrogens with one attached hydrogen (secondary N) is 1. The molecule has 56 valence electrons. The van der Waals surface area contributed by atoms with Gasteiger partial charge in [-0.15, -0.1) is 0 Å². The van der Waals surface area contributed by atoms with Crippen LogP contribution in [0, 0.1) is 7.05 Å². The molecule has 0 rings (SSSR count). The maximum Gasteiger partial charge on any atom is 0.0934 e. The van der Waals surface area contributed by atoms with Crippen LogP contribution >= 0.6 is 0 Å². The molecule has 0 aromatic rings.